The summed E-state index contributed by atoms with van der Waals surface area (Å²) in [6.45, 7) is 5.89. The number of rotatable bonds is 8. The van der Waals surface area contributed by atoms with Gasteiger partial charge < -0.3 is 10.1 Å². The minimum atomic E-state index is -0.698. The van der Waals surface area contributed by atoms with E-state index in [1.165, 1.54) is 16.9 Å². The summed E-state index contributed by atoms with van der Waals surface area (Å²) in [6, 6.07) is 16.9. The van der Waals surface area contributed by atoms with E-state index in [9.17, 15) is 9.59 Å². The predicted octanol–water partition coefficient (Wildman–Crippen LogP) is 4.55. The van der Waals surface area contributed by atoms with Gasteiger partial charge in [0.25, 0.3) is 0 Å². The van der Waals surface area contributed by atoms with Crippen molar-refractivity contribution in [1.29, 1.82) is 0 Å². The monoisotopic (exact) mass is 422 g/mol. The molecule has 1 atom stereocenters. The van der Waals surface area contributed by atoms with Crippen molar-refractivity contribution >= 4 is 23.2 Å². The smallest absolute Gasteiger partial charge is 0.329 e. The zero-order valence-electron chi connectivity index (χ0n) is 17.4. The number of hydrogen-bond donors (Lipinski definition) is 1. The average Bonchev–Trinajstić information content (AvgIpc) is 3.20. The molecule has 1 N–H and O–H groups in total. The molecule has 0 saturated carbocycles. The fourth-order valence-electron chi connectivity index (χ4n) is 2.94. The summed E-state index contributed by atoms with van der Waals surface area (Å²) in [5, 5.41) is 5.58. The highest BCUT2D eigenvalue weighted by atomic mass is 32.1. The van der Waals surface area contributed by atoms with Crippen molar-refractivity contribution in [2.75, 3.05) is 0 Å². The highest BCUT2D eigenvalue weighted by Gasteiger charge is 2.26. The van der Waals surface area contributed by atoms with Crippen molar-refractivity contribution < 1.29 is 14.3 Å². The minimum absolute atomic E-state index is 0.0823. The maximum Gasteiger partial charge on any atom is 0.329 e. The molecule has 0 spiro atoms. The van der Waals surface area contributed by atoms with Crippen molar-refractivity contribution in [3.8, 4) is 10.6 Å². The molecule has 1 aromatic heterocycles. The Morgan fingerprint density at radius 2 is 1.77 bits per heavy atom. The molecule has 0 saturated heterocycles. The summed E-state index contributed by atoms with van der Waals surface area (Å²) < 4.78 is 5.46. The van der Waals surface area contributed by atoms with Crippen LogP contribution in [0.2, 0.25) is 0 Å². The molecule has 5 nitrogen and oxygen atoms in total. The van der Waals surface area contributed by atoms with Crippen LogP contribution in [0.3, 0.4) is 0 Å². The first-order valence-corrected chi connectivity index (χ1v) is 10.8. The van der Waals surface area contributed by atoms with E-state index in [-0.39, 0.29) is 24.9 Å². The van der Waals surface area contributed by atoms with Crippen LogP contribution < -0.4 is 5.32 Å². The molecule has 0 radical (unpaired) electrons. The lowest BCUT2D eigenvalue weighted by Gasteiger charge is -2.20. The molecule has 0 aliphatic heterocycles. The van der Waals surface area contributed by atoms with Gasteiger partial charge in [-0.3, -0.25) is 4.79 Å². The average molecular weight is 423 g/mol. The second kappa shape index (κ2) is 10.2. The molecule has 3 rings (SSSR count). The van der Waals surface area contributed by atoms with Crippen molar-refractivity contribution in [3.63, 3.8) is 0 Å². The summed E-state index contributed by atoms with van der Waals surface area (Å²) in [5.74, 6) is -0.737. The number of thiazole rings is 1. The van der Waals surface area contributed by atoms with Gasteiger partial charge in [-0.2, -0.15) is 0 Å². The lowest BCUT2D eigenvalue weighted by Crippen LogP contribution is -2.45. The third-order valence-electron chi connectivity index (χ3n) is 4.66. The summed E-state index contributed by atoms with van der Waals surface area (Å²) in [4.78, 5) is 29.5. The van der Waals surface area contributed by atoms with E-state index in [2.05, 4.69) is 10.3 Å². The highest BCUT2D eigenvalue weighted by molar-refractivity contribution is 7.13. The molecule has 6 heteroatoms. The van der Waals surface area contributed by atoms with E-state index < -0.39 is 12.0 Å². The quantitative estimate of drug-likeness (QED) is 0.541. The van der Waals surface area contributed by atoms with Crippen LogP contribution in [0.4, 0.5) is 0 Å². The molecule has 0 bridgehead atoms. The van der Waals surface area contributed by atoms with Gasteiger partial charge in [0.15, 0.2) is 0 Å². The van der Waals surface area contributed by atoms with Crippen molar-refractivity contribution in [1.82, 2.24) is 10.3 Å². The molecular weight excluding hydrogens is 396 g/mol. The van der Waals surface area contributed by atoms with Crippen LogP contribution in [0.15, 0.2) is 60.0 Å². The predicted molar refractivity (Wildman–Crippen MR) is 119 cm³/mol. The third-order valence-corrected chi connectivity index (χ3v) is 5.60. The van der Waals surface area contributed by atoms with Crippen LogP contribution in [0, 0.1) is 12.8 Å². The maximum absolute atomic E-state index is 12.6. The number of esters is 1. The third kappa shape index (κ3) is 6.00. The van der Waals surface area contributed by atoms with E-state index >= 15 is 0 Å². The van der Waals surface area contributed by atoms with Crippen molar-refractivity contribution in [3.05, 3.63) is 76.8 Å². The van der Waals surface area contributed by atoms with E-state index in [0.717, 1.165) is 16.1 Å². The number of ether oxygens (including phenoxy) is 1. The molecule has 0 unspecified atom stereocenters. The van der Waals surface area contributed by atoms with Gasteiger partial charge >= 0.3 is 5.97 Å². The van der Waals surface area contributed by atoms with E-state index in [4.69, 9.17) is 4.74 Å². The number of aromatic nitrogens is 1. The normalized spacial score (nSPS) is 11.9. The zero-order chi connectivity index (χ0) is 21.5. The van der Waals surface area contributed by atoms with Crippen molar-refractivity contribution in [2.24, 2.45) is 5.92 Å². The number of hydrogen-bond acceptors (Lipinski definition) is 5. The summed E-state index contributed by atoms with van der Waals surface area (Å²) in [6.07, 6.45) is 0.226. The summed E-state index contributed by atoms with van der Waals surface area (Å²) in [5.41, 5.74) is 3.83. The molecule has 0 aliphatic rings. The van der Waals surface area contributed by atoms with Crippen LogP contribution in [-0.2, 0) is 27.4 Å². The lowest BCUT2D eigenvalue weighted by molar-refractivity contribution is -0.150. The van der Waals surface area contributed by atoms with Gasteiger partial charge in [-0.25, -0.2) is 9.78 Å². The summed E-state index contributed by atoms with van der Waals surface area (Å²) in [7, 11) is 0. The van der Waals surface area contributed by atoms with Gasteiger partial charge in [0, 0.05) is 10.9 Å². The Labute approximate surface area is 181 Å². The molecule has 0 aliphatic carbocycles. The van der Waals surface area contributed by atoms with Crippen LogP contribution in [0.25, 0.3) is 10.6 Å². The van der Waals surface area contributed by atoms with Gasteiger partial charge in [-0.1, -0.05) is 74.0 Å². The van der Waals surface area contributed by atoms with Crippen LogP contribution in [-0.4, -0.2) is 22.9 Å². The number of carbonyl (C=O) groups is 2. The topological polar surface area (TPSA) is 68.3 Å². The standard InChI is InChI=1S/C24H26N2O3S/c1-16(2)22(26-21(27)13-18-7-5-4-6-8-18)24(28)29-14-20-15-30-23(25-20)19-11-9-17(3)10-12-19/h4-12,15-16,22H,13-14H2,1-3H3,(H,26,27)/t22-/m0/s1. The van der Waals surface area contributed by atoms with Crippen LogP contribution in [0.1, 0.15) is 30.7 Å². The van der Waals surface area contributed by atoms with Gasteiger partial charge in [0.05, 0.1) is 12.1 Å². The minimum Gasteiger partial charge on any atom is -0.458 e. The van der Waals surface area contributed by atoms with Crippen molar-refractivity contribution in [2.45, 2.75) is 39.8 Å². The molecular formula is C24H26N2O3S. The molecule has 1 amide bonds. The Bertz CT molecular complexity index is 981. The largest absolute Gasteiger partial charge is 0.458 e. The van der Waals surface area contributed by atoms with Crippen LogP contribution >= 0.6 is 11.3 Å². The van der Waals surface area contributed by atoms with Gasteiger partial charge in [-0.05, 0) is 18.4 Å². The Morgan fingerprint density at radius 1 is 1.07 bits per heavy atom. The number of nitrogens with zero attached hydrogens (tertiary/aromatic N) is 1. The lowest BCUT2D eigenvalue weighted by atomic mass is 10.0. The molecule has 3 aromatic rings. The number of benzene rings is 2. The molecule has 0 fully saturated rings. The first kappa shape index (κ1) is 21.7. The molecule has 2 aromatic carbocycles. The first-order valence-electron chi connectivity index (χ1n) is 9.93. The Hall–Kier alpha value is -2.99. The van der Waals surface area contributed by atoms with Gasteiger partial charge in [-0.15, -0.1) is 11.3 Å². The van der Waals surface area contributed by atoms with E-state index in [1.54, 1.807) is 0 Å². The number of aryl methyl sites for hydroxylation is 1. The van der Waals surface area contributed by atoms with Gasteiger partial charge in [0.1, 0.15) is 17.7 Å². The molecule has 156 valence electrons. The van der Waals surface area contributed by atoms with E-state index in [0.29, 0.717) is 5.69 Å². The fraction of sp³-hybridized carbons (Fsp3) is 0.292. The zero-order valence-corrected chi connectivity index (χ0v) is 18.2. The molecule has 30 heavy (non-hydrogen) atoms. The molecule has 1 heterocycles. The fourth-order valence-corrected chi connectivity index (χ4v) is 3.75. The highest BCUT2D eigenvalue weighted by Crippen LogP contribution is 2.24. The van der Waals surface area contributed by atoms with E-state index in [1.807, 2.05) is 80.7 Å². The Kier molecular flexibility index (Phi) is 7.36. The van der Waals surface area contributed by atoms with Gasteiger partial charge in [0.2, 0.25) is 5.91 Å². The number of carbonyl (C=O) groups excluding carboxylic acids is 2. The second-order valence-corrected chi connectivity index (χ2v) is 8.43. The number of amides is 1. The Morgan fingerprint density at radius 3 is 2.43 bits per heavy atom. The SMILES string of the molecule is Cc1ccc(-c2nc(COC(=O)[C@@H](NC(=O)Cc3ccccc3)C(C)C)cs2)cc1. The Balaban J connectivity index is 1.56. The first-order chi connectivity index (χ1) is 14.4. The summed E-state index contributed by atoms with van der Waals surface area (Å²) >= 11 is 1.51. The van der Waals surface area contributed by atoms with Crippen LogP contribution in [0.5, 0.6) is 0 Å². The maximum atomic E-state index is 12.6. The second-order valence-electron chi connectivity index (χ2n) is 7.57. The number of nitrogens with one attached hydrogen (secondary N) is 1.